The molecule has 3 aromatic carbocycles. The van der Waals surface area contributed by atoms with Crippen molar-refractivity contribution >= 4 is 45.7 Å². The van der Waals surface area contributed by atoms with Crippen molar-refractivity contribution in [2.45, 2.75) is 16.1 Å². The van der Waals surface area contributed by atoms with E-state index in [0.29, 0.717) is 57.2 Å². The van der Waals surface area contributed by atoms with Crippen LogP contribution < -0.4 is 19.1 Å². The van der Waals surface area contributed by atoms with Crippen molar-refractivity contribution in [1.82, 2.24) is 10.2 Å². The largest absolute Gasteiger partial charge is 0.507 e. The quantitative estimate of drug-likeness (QED) is 0.0996. The first-order valence-electron chi connectivity index (χ1n) is 12.5. The van der Waals surface area contributed by atoms with Gasteiger partial charge in [0.1, 0.15) is 30.5 Å². The zero-order valence-corrected chi connectivity index (χ0v) is 23.2. The molecule has 2 aliphatic rings. The Labute approximate surface area is 242 Å². The first kappa shape index (κ1) is 26.8. The number of aromatic nitrogens is 2. The molecule has 1 saturated heterocycles. The van der Waals surface area contributed by atoms with Gasteiger partial charge in [-0.3, -0.25) is 14.5 Å². The molecular weight excluding hydrogens is 569 g/mol. The third-order valence-electron chi connectivity index (χ3n) is 6.60. The number of rotatable bonds is 7. The molecule has 1 fully saturated rings. The first-order valence-corrected chi connectivity index (χ1v) is 14.3. The van der Waals surface area contributed by atoms with Crippen LogP contribution in [-0.2, 0) is 15.3 Å². The number of fused-ring (bicyclic) bond motifs is 1. The van der Waals surface area contributed by atoms with E-state index in [1.54, 1.807) is 60.7 Å². The molecule has 1 N–H and O–H groups in total. The van der Waals surface area contributed by atoms with Crippen LogP contribution in [0.2, 0.25) is 0 Å². The van der Waals surface area contributed by atoms with Gasteiger partial charge in [0.2, 0.25) is 5.13 Å². The van der Waals surface area contributed by atoms with Crippen LogP contribution in [0.4, 0.5) is 9.52 Å². The van der Waals surface area contributed by atoms with E-state index in [1.165, 1.54) is 29.8 Å². The van der Waals surface area contributed by atoms with Gasteiger partial charge in [0.15, 0.2) is 15.8 Å². The van der Waals surface area contributed by atoms with Crippen LogP contribution >= 0.6 is 23.1 Å². The highest BCUT2D eigenvalue weighted by Crippen LogP contribution is 2.45. The third-order valence-corrected chi connectivity index (χ3v) is 8.71. The Hall–Kier alpha value is -4.42. The summed E-state index contributed by atoms with van der Waals surface area (Å²) in [5, 5.41) is 20.0. The van der Waals surface area contributed by atoms with Gasteiger partial charge >= 0.3 is 5.91 Å². The first-order chi connectivity index (χ1) is 19.9. The van der Waals surface area contributed by atoms with Crippen LogP contribution in [0.15, 0.2) is 76.6 Å². The van der Waals surface area contributed by atoms with E-state index < -0.39 is 17.7 Å². The molecule has 0 saturated carbocycles. The van der Waals surface area contributed by atoms with Crippen LogP contribution in [0.25, 0.3) is 5.76 Å². The van der Waals surface area contributed by atoms with E-state index in [4.69, 9.17) is 14.2 Å². The molecule has 1 aromatic heterocycles. The number of amides is 1. The van der Waals surface area contributed by atoms with E-state index in [9.17, 15) is 19.1 Å². The topological polar surface area (TPSA) is 111 Å². The minimum Gasteiger partial charge on any atom is -0.507 e. The maximum absolute atomic E-state index is 14.1. The van der Waals surface area contributed by atoms with Crippen molar-refractivity contribution in [1.29, 1.82) is 0 Å². The molecule has 208 valence electrons. The van der Waals surface area contributed by atoms with Gasteiger partial charge in [-0.2, -0.15) is 0 Å². The number of nitrogens with zero attached hydrogens (tertiary/aromatic N) is 3. The van der Waals surface area contributed by atoms with Crippen molar-refractivity contribution in [3.05, 3.63) is 94.8 Å². The molecule has 0 radical (unpaired) electrons. The average Bonchev–Trinajstić information content (AvgIpc) is 3.58. The lowest BCUT2D eigenvalue weighted by Crippen LogP contribution is -2.29. The number of ether oxygens (including phenoxy) is 3. The van der Waals surface area contributed by atoms with E-state index in [2.05, 4.69) is 10.2 Å². The van der Waals surface area contributed by atoms with Gasteiger partial charge in [-0.05, 0) is 47.5 Å². The molecule has 0 spiro atoms. The van der Waals surface area contributed by atoms with Crippen molar-refractivity contribution in [3.8, 4) is 17.2 Å². The van der Waals surface area contributed by atoms with Crippen LogP contribution in [0.3, 0.4) is 0 Å². The van der Waals surface area contributed by atoms with Crippen molar-refractivity contribution in [2.24, 2.45) is 0 Å². The minimum absolute atomic E-state index is 0.104. The maximum atomic E-state index is 14.1. The number of ketones is 1. The number of benzene rings is 3. The summed E-state index contributed by atoms with van der Waals surface area (Å²) in [5.41, 5.74) is 1.25. The fourth-order valence-corrected chi connectivity index (χ4v) is 6.44. The molecule has 0 bridgehead atoms. The van der Waals surface area contributed by atoms with Crippen LogP contribution in [-0.4, -0.2) is 47.3 Å². The number of halogens is 1. The number of carbonyl (C=O) groups excluding carboxylic acids is 2. The van der Waals surface area contributed by atoms with Gasteiger partial charge in [-0.1, -0.05) is 53.4 Å². The lowest BCUT2D eigenvalue weighted by molar-refractivity contribution is -0.132. The second kappa shape index (κ2) is 11.2. The number of anilines is 1. The Morgan fingerprint density at radius 2 is 1.83 bits per heavy atom. The lowest BCUT2D eigenvalue weighted by Gasteiger charge is -2.23. The fraction of sp³-hybridized carbons (Fsp3) is 0.172. The molecule has 41 heavy (non-hydrogen) atoms. The second-order valence-electron chi connectivity index (χ2n) is 9.03. The number of Topliss-reactive ketones (excluding diaryl/α,β-unsaturated/α-hetero) is 1. The summed E-state index contributed by atoms with van der Waals surface area (Å²) >= 11 is 2.37. The normalized spacial score (nSPS) is 17.6. The zero-order chi connectivity index (χ0) is 28.5. The lowest BCUT2D eigenvalue weighted by atomic mass is 9.95. The Morgan fingerprint density at radius 1 is 1.07 bits per heavy atom. The molecule has 3 heterocycles. The monoisotopic (exact) mass is 591 g/mol. The highest BCUT2D eigenvalue weighted by atomic mass is 32.2. The highest BCUT2D eigenvalue weighted by molar-refractivity contribution is 8.00. The smallest absolute Gasteiger partial charge is 0.301 e. The Balaban J connectivity index is 1.39. The molecule has 1 amide bonds. The molecule has 12 heteroatoms. The SMILES string of the molecule is COc1ccc([C@H]2/C(=C(\O)c3ccc4c(c3)OCCO4)C(=O)C(=O)N2c2nnc(SCc3ccccc3F)s2)cc1. The van der Waals surface area contributed by atoms with Crippen LogP contribution in [0.1, 0.15) is 22.7 Å². The number of hydrogen-bond donors (Lipinski definition) is 1. The summed E-state index contributed by atoms with van der Waals surface area (Å²) in [7, 11) is 1.53. The Bertz CT molecular complexity index is 1670. The summed E-state index contributed by atoms with van der Waals surface area (Å²) in [6.45, 7) is 0.755. The predicted molar refractivity (Wildman–Crippen MR) is 151 cm³/mol. The number of hydrogen-bond acceptors (Lipinski definition) is 10. The van der Waals surface area contributed by atoms with Gasteiger partial charge in [-0.25, -0.2) is 4.39 Å². The van der Waals surface area contributed by atoms with Gasteiger partial charge in [0.25, 0.3) is 5.78 Å². The van der Waals surface area contributed by atoms with Crippen LogP contribution in [0, 0.1) is 5.82 Å². The van der Waals surface area contributed by atoms with E-state index >= 15 is 0 Å². The van der Waals surface area contributed by atoms with Crippen molar-refractivity contribution in [2.75, 3.05) is 25.2 Å². The molecular formula is C29H22FN3O6S2. The van der Waals surface area contributed by atoms with E-state index in [1.807, 2.05) is 0 Å². The number of thioether (sulfide) groups is 1. The number of aliphatic hydroxyl groups is 1. The molecule has 9 nitrogen and oxygen atoms in total. The van der Waals surface area contributed by atoms with E-state index in [-0.39, 0.29) is 22.3 Å². The average molecular weight is 592 g/mol. The summed E-state index contributed by atoms with van der Waals surface area (Å²) in [5.74, 6) is -0.561. The van der Waals surface area contributed by atoms with Gasteiger partial charge in [-0.15, -0.1) is 10.2 Å². The maximum Gasteiger partial charge on any atom is 0.301 e. The molecule has 4 aromatic rings. The Morgan fingerprint density at radius 3 is 2.59 bits per heavy atom. The van der Waals surface area contributed by atoms with Crippen molar-refractivity contribution < 1.29 is 33.3 Å². The number of aliphatic hydroxyl groups excluding tert-OH is 1. The van der Waals surface area contributed by atoms with Crippen molar-refractivity contribution in [3.63, 3.8) is 0 Å². The highest BCUT2D eigenvalue weighted by Gasteiger charge is 2.48. The summed E-state index contributed by atoms with van der Waals surface area (Å²) in [6, 6.07) is 17.1. The predicted octanol–water partition coefficient (Wildman–Crippen LogP) is 5.38. The van der Waals surface area contributed by atoms with Gasteiger partial charge < -0.3 is 19.3 Å². The van der Waals surface area contributed by atoms with E-state index in [0.717, 1.165) is 11.3 Å². The summed E-state index contributed by atoms with van der Waals surface area (Å²) in [6.07, 6.45) is 0. The molecule has 2 aliphatic heterocycles. The van der Waals surface area contributed by atoms with Gasteiger partial charge in [0.05, 0.1) is 18.7 Å². The number of methoxy groups -OCH3 is 1. The summed E-state index contributed by atoms with van der Waals surface area (Å²) < 4.78 is 31.1. The molecule has 1 atom stereocenters. The second-order valence-corrected chi connectivity index (χ2v) is 11.2. The minimum atomic E-state index is -0.994. The molecule has 0 unspecified atom stereocenters. The standard InChI is InChI=1S/C29H22FN3O6S2/c1-37-19-9-6-16(7-10-19)24-23(25(34)17-8-11-21-22(14-17)39-13-12-38-21)26(35)27(36)33(24)28-31-32-29(41-28)40-15-18-4-2-3-5-20(18)30/h2-11,14,24,34H,12-13,15H2,1H3/b25-23+/t24-/m0/s1. The molecule has 0 aliphatic carbocycles. The Kier molecular flexibility index (Phi) is 7.33. The molecule has 6 rings (SSSR count). The van der Waals surface area contributed by atoms with Crippen LogP contribution in [0.5, 0.6) is 17.2 Å². The zero-order valence-electron chi connectivity index (χ0n) is 21.6. The van der Waals surface area contributed by atoms with Gasteiger partial charge in [0, 0.05) is 11.3 Å². The third kappa shape index (κ3) is 5.11. The number of carbonyl (C=O) groups is 2. The summed E-state index contributed by atoms with van der Waals surface area (Å²) in [4.78, 5) is 28.2. The fourth-order valence-electron chi connectivity index (χ4n) is 4.59.